The molecule has 3 atom stereocenters. The molecule has 1 rings (SSSR count). The van der Waals surface area contributed by atoms with Crippen molar-refractivity contribution in [2.45, 2.75) is 149 Å². The van der Waals surface area contributed by atoms with Gasteiger partial charge in [-0.3, -0.25) is 9.59 Å². The van der Waals surface area contributed by atoms with Crippen molar-refractivity contribution in [2.24, 2.45) is 17.8 Å². The molecule has 1 N–H and O–H groups in total. The Morgan fingerprint density at radius 1 is 0.727 bits per heavy atom. The fourth-order valence-electron chi connectivity index (χ4n) is 5.09. The van der Waals surface area contributed by atoms with Gasteiger partial charge in [0.2, 0.25) is 0 Å². The molecule has 0 amide bonds. The van der Waals surface area contributed by atoms with E-state index in [0.29, 0.717) is 19.4 Å². The highest BCUT2D eigenvalue weighted by molar-refractivity contribution is 5.81. The molecule has 0 aliphatic heterocycles. The summed E-state index contributed by atoms with van der Waals surface area (Å²) in [5, 5.41) is 9.29. The Hall–Kier alpha value is -1.06. The number of rotatable bonds is 21. The van der Waals surface area contributed by atoms with Gasteiger partial charge in [-0.15, -0.1) is 0 Å². The third-order valence-electron chi connectivity index (χ3n) is 7.67. The first-order chi connectivity index (χ1) is 16.1. The Morgan fingerprint density at radius 2 is 1.15 bits per heavy atom. The van der Waals surface area contributed by atoms with E-state index in [4.69, 9.17) is 4.74 Å². The maximum Gasteiger partial charge on any atom is 0.309 e. The van der Waals surface area contributed by atoms with E-state index in [-0.39, 0.29) is 5.97 Å². The minimum atomic E-state index is -0.848. The summed E-state index contributed by atoms with van der Waals surface area (Å²) < 4.78 is 5.39. The largest absolute Gasteiger partial charge is 0.481 e. The van der Waals surface area contributed by atoms with E-state index in [1.165, 1.54) is 96.3 Å². The highest BCUT2D eigenvalue weighted by Gasteiger charge is 2.36. The summed E-state index contributed by atoms with van der Waals surface area (Å²) in [7, 11) is 0. The van der Waals surface area contributed by atoms with Crippen LogP contribution >= 0.6 is 0 Å². The van der Waals surface area contributed by atoms with Crippen LogP contribution in [0.15, 0.2) is 0 Å². The lowest BCUT2D eigenvalue weighted by Crippen LogP contribution is -2.33. The van der Waals surface area contributed by atoms with Gasteiger partial charge in [0.1, 0.15) is 0 Å². The summed E-state index contributed by atoms with van der Waals surface area (Å²) in [5.41, 5.74) is 0. The highest BCUT2D eigenvalue weighted by Crippen LogP contribution is 2.31. The number of esters is 1. The summed E-state index contributed by atoms with van der Waals surface area (Å²) in [6.07, 6.45) is 25.7. The number of unbranched alkanes of at least 4 members (excludes halogenated alkanes) is 14. The molecule has 1 aliphatic carbocycles. The number of carboxylic acids is 1. The molecule has 1 aliphatic rings. The number of carbonyl (C=O) groups excluding carboxylic acids is 1. The maximum atomic E-state index is 12.2. The van der Waals surface area contributed by atoms with Gasteiger partial charge in [0, 0.05) is 0 Å². The van der Waals surface area contributed by atoms with Gasteiger partial charge < -0.3 is 9.84 Å². The Labute approximate surface area is 204 Å². The second-order valence-corrected chi connectivity index (χ2v) is 10.6. The molecule has 3 unspecified atom stereocenters. The normalized spacial score (nSPS) is 19.3. The highest BCUT2D eigenvalue weighted by atomic mass is 16.5. The first-order valence-corrected chi connectivity index (χ1v) is 14.5. The van der Waals surface area contributed by atoms with Crippen molar-refractivity contribution < 1.29 is 19.4 Å². The number of hydrogen-bond acceptors (Lipinski definition) is 3. The van der Waals surface area contributed by atoms with Crippen molar-refractivity contribution in [3.05, 3.63) is 0 Å². The number of hydrogen-bond donors (Lipinski definition) is 1. The molecule has 0 saturated heterocycles. The van der Waals surface area contributed by atoms with E-state index >= 15 is 0 Å². The van der Waals surface area contributed by atoms with E-state index in [1.807, 2.05) is 0 Å². The van der Waals surface area contributed by atoms with Crippen molar-refractivity contribution in [1.29, 1.82) is 0 Å². The molecule has 0 radical (unpaired) electrons. The lowest BCUT2D eigenvalue weighted by atomic mass is 9.79. The number of ether oxygens (including phenoxy) is 1. The lowest BCUT2D eigenvalue weighted by molar-refractivity contribution is -0.159. The Morgan fingerprint density at radius 3 is 1.61 bits per heavy atom. The molecule has 4 nitrogen and oxygen atoms in total. The van der Waals surface area contributed by atoms with Crippen LogP contribution in [0, 0.1) is 17.8 Å². The van der Waals surface area contributed by atoms with Crippen LogP contribution in [0.5, 0.6) is 0 Å². The second-order valence-electron chi connectivity index (χ2n) is 10.6. The summed E-state index contributed by atoms with van der Waals surface area (Å²) >= 11 is 0. The van der Waals surface area contributed by atoms with E-state index in [0.717, 1.165) is 31.6 Å². The molecular weight excluding hydrogens is 412 g/mol. The van der Waals surface area contributed by atoms with Crippen molar-refractivity contribution in [3.8, 4) is 0 Å². The average Bonchev–Trinajstić information content (AvgIpc) is 2.82. The smallest absolute Gasteiger partial charge is 0.309 e. The maximum absolute atomic E-state index is 12.2. The van der Waals surface area contributed by atoms with Gasteiger partial charge in [-0.2, -0.15) is 0 Å². The van der Waals surface area contributed by atoms with Crippen LogP contribution in [-0.4, -0.2) is 23.7 Å². The van der Waals surface area contributed by atoms with Crippen LogP contribution < -0.4 is 0 Å². The molecule has 0 bridgehead atoms. The molecule has 0 aromatic rings. The lowest BCUT2D eigenvalue weighted by Gasteiger charge is -2.26. The third-order valence-corrected chi connectivity index (χ3v) is 7.67. The molecule has 0 aromatic heterocycles. The van der Waals surface area contributed by atoms with Crippen LogP contribution in [0.3, 0.4) is 0 Å². The molecular formula is C29H54O4. The van der Waals surface area contributed by atoms with Crippen molar-refractivity contribution in [2.75, 3.05) is 6.61 Å². The third kappa shape index (κ3) is 15.5. The van der Waals surface area contributed by atoms with E-state index in [9.17, 15) is 14.7 Å². The molecule has 1 saturated carbocycles. The SMILES string of the molecule is CCC(C)CCCCCCCCCCCCCCCCCOC(=O)C1CCCCC1C(=O)O. The topological polar surface area (TPSA) is 63.6 Å². The summed E-state index contributed by atoms with van der Waals surface area (Å²) in [6.45, 7) is 5.11. The van der Waals surface area contributed by atoms with Crippen LogP contribution in [-0.2, 0) is 14.3 Å². The molecule has 4 heteroatoms. The van der Waals surface area contributed by atoms with Crippen LogP contribution in [0.25, 0.3) is 0 Å². The molecule has 1 fully saturated rings. The van der Waals surface area contributed by atoms with Crippen LogP contribution in [0.4, 0.5) is 0 Å². The predicted molar refractivity (Wildman–Crippen MR) is 137 cm³/mol. The first-order valence-electron chi connectivity index (χ1n) is 14.5. The quantitative estimate of drug-likeness (QED) is 0.136. The van der Waals surface area contributed by atoms with Gasteiger partial charge in [-0.05, 0) is 25.2 Å². The van der Waals surface area contributed by atoms with E-state index in [2.05, 4.69) is 13.8 Å². The minimum absolute atomic E-state index is 0.288. The predicted octanol–water partition coefficient (Wildman–Crippen LogP) is 8.71. The Balaban J connectivity index is 1.81. The van der Waals surface area contributed by atoms with E-state index < -0.39 is 17.8 Å². The fraction of sp³-hybridized carbons (Fsp3) is 0.931. The van der Waals surface area contributed by atoms with Gasteiger partial charge in [-0.25, -0.2) is 0 Å². The minimum Gasteiger partial charge on any atom is -0.481 e. The van der Waals surface area contributed by atoms with Crippen molar-refractivity contribution >= 4 is 11.9 Å². The van der Waals surface area contributed by atoms with Crippen LogP contribution in [0.2, 0.25) is 0 Å². The standard InChI is InChI=1S/C29H54O4/c1-3-25(2)21-17-15-13-11-9-7-5-4-6-8-10-12-14-16-20-24-33-29(32)27-23-19-18-22-26(27)28(30)31/h25-27H,3-24H2,1-2H3,(H,30,31). The number of carboxylic acid groups (broad SMARTS) is 1. The van der Waals surface area contributed by atoms with Gasteiger partial charge in [0.05, 0.1) is 18.4 Å². The van der Waals surface area contributed by atoms with E-state index in [1.54, 1.807) is 0 Å². The van der Waals surface area contributed by atoms with Gasteiger partial charge in [0.25, 0.3) is 0 Å². The Bertz CT molecular complexity index is 490. The monoisotopic (exact) mass is 466 g/mol. The summed E-state index contributed by atoms with van der Waals surface area (Å²) in [5.74, 6) is -1.20. The average molecular weight is 467 g/mol. The zero-order valence-corrected chi connectivity index (χ0v) is 22.0. The first kappa shape index (κ1) is 30.0. The molecule has 33 heavy (non-hydrogen) atoms. The molecule has 0 aromatic carbocycles. The second kappa shape index (κ2) is 20.3. The van der Waals surface area contributed by atoms with Gasteiger partial charge in [0.15, 0.2) is 0 Å². The summed E-state index contributed by atoms with van der Waals surface area (Å²) in [6, 6.07) is 0. The Kier molecular flexibility index (Phi) is 18.5. The molecule has 194 valence electrons. The molecule has 0 spiro atoms. The van der Waals surface area contributed by atoms with Gasteiger partial charge >= 0.3 is 11.9 Å². The fourth-order valence-corrected chi connectivity index (χ4v) is 5.09. The zero-order valence-electron chi connectivity index (χ0n) is 22.0. The zero-order chi connectivity index (χ0) is 24.2. The van der Waals surface area contributed by atoms with Crippen molar-refractivity contribution in [1.82, 2.24) is 0 Å². The summed E-state index contributed by atoms with van der Waals surface area (Å²) in [4.78, 5) is 23.5. The van der Waals surface area contributed by atoms with Crippen LogP contribution in [0.1, 0.15) is 149 Å². The van der Waals surface area contributed by atoms with Gasteiger partial charge in [-0.1, -0.05) is 129 Å². The molecule has 0 heterocycles. The van der Waals surface area contributed by atoms with Crippen molar-refractivity contribution in [3.63, 3.8) is 0 Å². The number of aliphatic carboxylic acids is 1. The number of carbonyl (C=O) groups is 2.